The van der Waals surface area contributed by atoms with Gasteiger partial charge in [0, 0.05) is 13.6 Å². The summed E-state index contributed by atoms with van der Waals surface area (Å²) >= 11 is 5.49. The third-order valence-corrected chi connectivity index (χ3v) is 1.11. The lowest BCUT2D eigenvalue weighted by molar-refractivity contribution is 0.497. The zero-order chi connectivity index (χ0) is 6.57. The van der Waals surface area contributed by atoms with Gasteiger partial charge in [0.25, 0.3) is 0 Å². The van der Waals surface area contributed by atoms with Crippen LogP contribution in [0.15, 0.2) is 24.4 Å². The highest BCUT2D eigenvalue weighted by atomic mass is 35.5. The molecule has 1 nitrogen and oxygen atoms in total. The monoisotopic (exact) mass is 131 g/mol. The molecule has 0 aliphatic carbocycles. The summed E-state index contributed by atoms with van der Waals surface area (Å²) < 4.78 is 0. The van der Waals surface area contributed by atoms with Gasteiger partial charge in [0.05, 0.1) is 5.16 Å². The number of rotatable bonds is 3. The van der Waals surface area contributed by atoms with Gasteiger partial charge in [0.2, 0.25) is 0 Å². The summed E-state index contributed by atoms with van der Waals surface area (Å²) in [5.41, 5.74) is 0. The molecule has 0 aromatic heterocycles. The van der Waals surface area contributed by atoms with E-state index in [0.717, 1.165) is 6.54 Å². The van der Waals surface area contributed by atoms with Gasteiger partial charge < -0.3 is 4.90 Å². The van der Waals surface area contributed by atoms with Gasteiger partial charge in [0.15, 0.2) is 0 Å². The van der Waals surface area contributed by atoms with E-state index in [4.69, 9.17) is 11.6 Å². The predicted octanol–water partition coefficient (Wildman–Crippen LogP) is 1.81. The number of hydrogen-bond donors (Lipinski definition) is 0. The Bertz CT molecular complexity index is 98.7. The van der Waals surface area contributed by atoms with Gasteiger partial charge >= 0.3 is 0 Å². The van der Waals surface area contributed by atoms with Crippen LogP contribution in [0.3, 0.4) is 0 Å². The first-order valence-corrected chi connectivity index (χ1v) is 2.72. The number of likely N-dealkylation sites (N-methyl/N-ethyl adjacent to an activating group) is 1. The van der Waals surface area contributed by atoms with E-state index in [1.54, 1.807) is 11.0 Å². The normalized spacial score (nSPS) is 8.25. The number of halogens is 1. The van der Waals surface area contributed by atoms with E-state index in [-0.39, 0.29) is 0 Å². The van der Waals surface area contributed by atoms with Crippen molar-refractivity contribution in [3.8, 4) is 0 Å². The molecule has 0 saturated carbocycles. The number of hydrogen-bond acceptors (Lipinski definition) is 1. The van der Waals surface area contributed by atoms with E-state index in [9.17, 15) is 0 Å². The van der Waals surface area contributed by atoms with Crippen LogP contribution in [0.4, 0.5) is 0 Å². The molecule has 0 fully saturated rings. The standard InChI is InChI=1S/C6H10ClN/c1-4-5-8(3)6(2)7/h4H,1-2,5H2,3H3. The lowest BCUT2D eigenvalue weighted by Gasteiger charge is -2.12. The molecule has 0 unspecified atom stereocenters. The second kappa shape index (κ2) is 3.56. The average Bonchev–Trinajstić information content (AvgIpc) is 1.67. The summed E-state index contributed by atoms with van der Waals surface area (Å²) in [6.07, 6.45) is 1.77. The Morgan fingerprint density at radius 2 is 2.38 bits per heavy atom. The van der Waals surface area contributed by atoms with Crippen molar-refractivity contribution in [3.63, 3.8) is 0 Å². The van der Waals surface area contributed by atoms with Crippen LogP contribution in [0, 0.1) is 0 Å². The van der Waals surface area contributed by atoms with Crippen LogP contribution in [0.25, 0.3) is 0 Å². The Morgan fingerprint density at radius 1 is 1.88 bits per heavy atom. The first kappa shape index (κ1) is 7.57. The number of nitrogens with zero attached hydrogens (tertiary/aromatic N) is 1. The molecule has 0 amide bonds. The maximum Gasteiger partial charge on any atom is 0.0971 e. The maximum absolute atomic E-state index is 5.49. The van der Waals surface area contributed by atoms with Crippen LogP contribution in [0.5, 0.6) is 0 Å². The lowest BCUT2D eigenvalue weighted by atomic mass is 10.6. The predicted molar refractivity (Wildman–Crippen MR) is 37.8 cm³/mol. The zero-order valence-electron chi connectivity index (χ0n) is 5.02. The maximum atomic E-state index is 5.49. The summed E-state index contributed by atoms with van der Waals surface area (Å²) in [6.45, 7) is 7.81. The van der Waals surface area contributed by atoms with Crippen molar-refractivity contribution in [1.29, 1.82) is 0 Å². The van der Waals surface area contributed by atoms with E-state index >= 15 is 0 Å². The van der Waals surface area contributed by atoms with Gasteiger partial charge in [-0.3, -0.25) is 0 Å². The molecule has 0 radical (unpaired) electrons. The van der Waals surface area contributed by atoms with Crippen LogP contribution in [0.1, 0.15) is 0 Å². The fourth-order valence-corrected chi connectivity index (χ4v) is 0.362. The Balaban J connectivity index is 3.46. The van der Waals surface area contributed by atoms with Gasteiger partial charge in [-0.15, -0.1) is 6.58 Å². The van der Waals surface area contributed by atoms with Crippen LogP contribution in [-0.2, 0) is 0 Å². The van der Waals surface area contributed by atoms with Crippen molar-refractivity contribution in [2.45, 2.75) is 0 Å². The molecule has 0 aliphatic rings. The largest absolute Gasteiger partial charge is 0.362 e. The summed E-state index contributed by atoms with van der Waals surface area (Å²) in [7, 11) is 1.86. The Labute approximate surface area is 55.2 Å². The third-order valence-electron chi connectivity index (χ3n) is 0.817. The highest BCUT2D eigenvalue weighted by Gasteiger charge is 1.91. The van der Waals surface area contributed by atoms with E-state index < -0.39 is 0 Å². The minimum atomic E-state index is 0.546. The van der Waals surface area contributed by atoms with Crippen LogP contribution in [0.2, 0.25) is 0 Å². The van der Waals surface area contributed by atoms with Crippen molar-refractivity contribution in [2.24, 2.45) is 0 Å². The minimum absolute atomic E-state index is 0.546. The first-order valence-electron chi connectivity index (χ1n) is 2.35. The molecular weight excluding hydrogens is 122 g/mol. The molecule has 0 heterocycles. The quantitative estimate of drug-likeness (QED) is 0.417. The third kappa shape index (κ3) is 2.69. The lowest BCUT2D eigenvalue weighted by Crippen LogP contribution is -2.12. The summed E-state index contributed by atoms with van der Waals surface area (Å²) in [6, 6.07) is 0. The second-order valence-corrected chi connectivity index (χ2v) is 1.98. The zero-order valence-corrected chi connectivity index (χ0v) is 5.78. The van der Waals surface area contributed by atoms with Crippen molar-refractivity contribution in [1.82, 2.24) is 4.90 Å². The van der Waals surface area contributed by atoms with Crippen molar-refractivity contribution >= 4 is 11.6 Å². The van der Waals surface area contributed by atoms with Crippen molar-refractivity contribution < 1.29 is 0 Å². The molecule has 0 atom stereocenters. The fraction of sp³-hybridized carbons (Fsp3) is 0.333. The van der Waals surface area contributed by atoms with Gasteiger partial charge in [-0.25, -0.2) is 0 Å². The smallest absolute Gasteiger partial charge is 0.0971 e. The molecule has 0 aromatic rings. The van der Waals surface area contributed by atoms with E-state index in [0.29, 0.717) is 5.16 Å². The molecule has 0 N–H and O–H groups in total. The molecular formula is C6H10ClN. The summed E-state index contributed by atoms with van der Waals surface area (Å²) in [5.74, 6) is 0. The molecule has 8 heavy (non-hydrogen) atoms. The van der Waals surface area contributed by atoms with Gasteiger partial charge in [0.1, 0.15) is 0 Å². The fourth-order valence-electron chi connectivity index (χ4n) is 0.293. The van der Waals surface area contributed by atoms with E-state index in [1.165, 1.54) is 0 Å². The van der Waals surface area contributed by atoms with Crippen LogP contribution >= 0.6 is 11.6 Å². The van der Waals surface area contributed by atoms with Crippen LogP contribution < -0.4 is 0 Å². The van der Waals surface area contributed by atoms with Crippen LogP contribution in [-0.4, -0.2) is 18.5 Å². The Kier molecular flexibility index (Phi) is 3.37. The molecule has 0 bridgehead atoms. The van der Waals surface area contributed by atoms with Crippen molar-refractivity contribution in [2.75, 3.05) is 13.6 Å². The highest BCUT2D eigenvalue weighted by Crippen LogP contribution is 2.00. The van der Waals surface area contributed by atoms with Gasteiger partial charge in [-0.05, 0) is 0 Å². The molecule has 0 saturated heterocycles. The highest BCUT2D eigenvalue weighted by molar-refractivity contribution is 6.28. The molecule has 46 valence electrons. The molecule has 0 aliphatic heterocycles. The topological polar surface area (TPSA) is 3.24 Å². The van der Waals surface area contributed by atoms with E-state index in [2.05, 4.69) is 13.2 Å². The molecule has 2 heteroatoms. The SMILES string of the molecule is C=CCN(C)C(=C)Cl. The van der Waals surface area contributed by atoms with Gasteiger partial charge in [-0.1, -0.05) is 24.3 Å². The van der Waals surface area contributed by atoms with Crippen molar-refractivity contribution in [3.05, 3.63) is 24.4 Å². The minimum Gasteiger partial charge on any atom is -0.362 e. The first-order chi connectivity index (χ1) is 3.68. The summed E-state index contributed by atoms with van der Waals surface area (Å²) in [5, 5.41) is 0.546. The molecule has 0 spiro atoms. The van der Waals surface area contributed by atoms with Gasteiger partial charge in [-0.2, -0.15) is 0 Å². The second-order valence-electron chi connectivity index (χ2n) is 1.55. The average molecular weight is 132 g/mol. The molecule has 0 rings (SSSR count). The summed E-state index contributed by atoms with van der Waals surface area (Å²) in [4.78, 5) is 1.80. The Hall–Kier alpha value is -0.430. The Morgan fingerprint density at radius 3 is 2.50 bits per heavy atom. The van der Waals surface area contributed by atoms with E-state index in [1.807, 2.05) is 7.05 Å². The molecule has 0 aromatic carbocycles.